The van der Waals surface area contributed by atoms with Gasteiger partial charge in [0, 0.05) is 34.7 Å². The fourth-order valence-corrected chi connectivity index (χ4v) is 4.01. The van der Waals surface area contributed by atoms with Crippen LogP contribution in [0.2, 0.25) is 0 Å². The normalized spacial score (nSPS) is 15.4. The van der Waals surface area contributed by atoms with E-state index in [0.717, 1.165) is 0 Å². The molecule has 0 radical (unpaired) electrons. The Hall–Kier alpha value is -2.01. The van der Waals surface area contributed by atoms with E-state index in [2.05, 4.69) is 110 Å². The maximum atomic E-state index is 2.31. The lowest BCUT2D eigenvalue weighted by Crippen LogP contribution is -2.29. The first kappa shape index (κ1) is 18.8. The van der Waals surface area contributed by atoms with E-state index in [-0.39, 0.29) is 29.4 Å². The Morgan fingerprint density at radius 2 is 1.58 bits per heavy atom. The van der Waals surface area contributed by atoms with Crippen LogP contribution in [0.4, 0.5) is 5.69 Å². The zero-order chi connectivity index (χ0) is 17.6. The molecule has 0 saturated carbocycles. The van der Waals surface area contributed by atoms with Crippen LogP contribution in [-0.4, -0.2) is 17.3 Å². The van der Waals surface area contributed by atoms with E-state index in [0.29, 0.717) is 0 Å². The molecule has 0 N–H and O–H groups in total. The fourth-order valence-electron chi connectivity index (χ4n) is 4.01. The molecule has 3 aromatic rings. The van der Waals surface area contributed by atoms with Gasteiger partial charge >= 0.3 is 0 Å². The number of halogens is 1. The van der Waals surface area contributed by atoms with Crippen LogP contribution in [0.25, 0.3) is 17.0 Å². The highest BCUT2D eigenvalue weighted by molar-refractivity contribution is 14.0. The van der Waals surface area contributed by atoms with Crippen molar-refractivity contribution in [1.82, 2.24) is 0 Å². The molecule has 1 aliphatic heterocycles. The van der Waals surface area contributed by atoms with Crippen LogP contribution >= 0.6 is 24.0 Å². The molecule has 0 spiro atoms. The zero-order valence-electron chi connectivity index (χ0n) is 15.7. The van der Waals surface area contributed by atoms with Gasteiger partial charge in [0.1, 0.15) is 14.1 Å². The first-order chi connectivity index (χ1) is 12.0. The Balaban J connectivity index is 0.00000196. The number of hydrogen-bond donors (Lipinski definition) is 0. The molecule has 1 aliphatic rings. The van der Waals surface area contributed by atoms with Crippen LogP contribution in [0.15, 0.2) is 66.9 Å². The molecule has 1 aromatic heterocycles. The summed E-state index contributed by atoms with van der Waals surface area (Å²) >= 11 is 0. The van der Waals surface area contributed by atoms with Crippen molar-refractivity contribution in [2.75, 3.05) is 7.05 Å². The maximum Gasteiger partial charge on any atom is 0.212 e. The summed E-state index contributed by atoms with van der Waals surface area (Å²) < 4.78 is 4.50. The molecule has 0 fully saturated rings. The molecule has 4 rings (SSSR count). The average Bonchev–Trinajstić information content (AvgIpc) is 2.80. The van der Waals surface area contributed by atoms with Gasteiger partial charge in [-0.2, -0.15) is 4.58 Å². The smallest absolute Gasteiger partial charge is 0.200 e. The number of aromatic nitrogens is 1. The van der Waals surface area contributed by atoms with Gasteiger partial charge in [0.15, 0.2) is 11.9 Å². The minimum atomic E-state index is 0. The average molecular weight is 456 g/mol. The molecule has 2 heterocycles. The summed E-state index contributed by atoms with van der Waals surface area (Å²) in [5, 5.41) is 1.26. The summed E-state index contributed by atoms with van der Waals surface area (Å²) in [5.74, 6) is 0. The quantitative estimate of drug-likeness (QED) is 0.379. The Kier molecular flexibility index (Phi) is 5.02. The Labute approximate surface area is 172 Å². The van der Waals surface area contributed by atoms with E-state index in [9.17, 15) is 0 Å². The van der Waals surface area contributed by atoms with Crippen LogP contribution in [0.1, 0.15) is 25.0 Å². The largest absolute Gasteiger partial charge is 0.212 e. The molecule has 0 aliphatic carbocycles. The van der Waals surface area contributed by atoms with Crippen molar-refractivity contribution in [2.45, 2.75) is 19.3 Å². The molecular weight excluding hydrogens is 431 g/mol. The van der Waals surface area contributed by atoms with Crippen molar-refractivity contribution in [1.29, 1.82) is 0 Å². The number of hydrogen-bond acceptors (Lipinski definition) is 0. The second-order valence-electron chi connectivity index (χ2n) is 7.36. The van der Waals surface area contributed by atoms with E-state index in [1.165, 1.54) is 33.4 Å². The van der Waals surface area contributed by atoms with Crippen LogP contribution < -0.4 is 4.57 Å². The topological polar surface area (TPSA) is 6.89 Å². The Morgan fingerprint density at radius 3 is 2.35 bits per heavy atom. The van der Waals surface area contributed by atoms with Gasteiger partial charge in [0.05, 0.1) is 5.41 Å². The lowest BCUT2D eigenvalue weighted by molar-refractivity contribution is -0.645. The van der Waals surface area contributed by atoms with Crippen molar-refractivity contribution < 1.29 is 9.14 Å². The molecule has 0 bridgehead atoms. The molecule has 0 amide bonds. The van der Waals surface area contributed by atoms with E-state index in [4.69, 9.17) is 0 Å². The molecule has 132 valence electrons. The minimum absolute atomic E-state index is 0. The van der Waals surface area contributed by atoms with Gasteiger partial charge in [0.25, 0.3) is 0 Å². The monoisotopic (exact) mass is 456 g/mol. The van der Waals surface area contributed by atoms with Crippen molar-refractivity contribution in [3.05, 3.63) is 78.0 Å². The minimum Gasteiger partial charge on any atom is -0.200 e. The van der Waals surface area contributed by atoms with Crippen LogP contribution in [-0.2, 0) is 12.5 Å². The van der Waals surface area contributed by atoms with Crippen LogP contribution in [0.5, 0.6) is 0 Å². The predicted octanol–water partition coefficient (Wildman–Crippen LogP) is 5.00. The first-order valence-corrected chi connectivity index (χ1v) is 8.75. The number of para-hydroxylation sites is 2. The Morgan fingerprint density at radius 1 is 0.885 bits per heavy atom. The molecule has 2 aromatic carbocycles. The van der Waals surface area contributed by atoms with Gasteiger partial charge in [-0.15, -0.1) is 24.0 Å². The molecule has 0 unspecified atom stereocenters. The SMILES string of the molecule is C[N+]1=C(C=Cc2cc3ccccc3[n+](C)c2)C(C)(C)c2ccccc21.I. The fraction of sp³-hybridized carbons (Fsp3) is 0.217. The number of pyridine rings is 1. The van der Waals surface area contributed by atoms with E-state index in [1.54, 1.807) is 0 Å². The van der Waals surface area contributed by atoms with Crippen molar-refractivity contribution in [3.8, 4) is 0 Å². The molecule has 0 saturated heterocycles. The summed E-state index contributed by atoms with van der Waals surface area (Å²) in [6.07, 6.45) is 6.69. The number of allylic oxidation sites excluding steroid dienone is 1. The molecule has 3 heteroatoms. The first-order valence-electron chi connectivity index (χ1n) is 8.75. The standard InChI is InChI=1S/C23H24N2.HI/c1-23(2)19-10-6-8-12-21(19)25(4)22(23)14-13-17-15-18-9-5-7-11-20(18)24(3)16-17;/h5-16H,1-4H3;1H/q+2;. The van der Waals surface area contributed by atoms with Gasteiger partial charge in [-0.25, -0.2) is 4.57 Å². The van der Waals surface area contributed by atoms with Crippen LogP contribution in [0, 0.1) is 0 Å². The van der Waals surface area contributed by atoms with Crippen molar-refractivity contribution >= 4 is 52.4 Å². The highest BCUT2D eigenvalue weighted by Gasteiger charge is 2.42. The van der Waals surface area contributed by atoms with E-state index >= 15 is 0 Å². The van der Waals surface area contributed by atoms with E-state index in [1.807, 2.05) is 0 Å². The predicted molar refractivity (Wildman–Crippen MR) is 120 cm³/mol. The lowest BCUT2D eigenvalue weighted by atomic mass is 9.81. The highest BCUT2D eigenvalue weighted by atomic mass is 127. The summed E-state index contributed by atoms with van der Waals surface area (Å²) in [6.45, 7) is 4.60. The third-order valence-corrected chi connectivity index (χ3v) is 5.36. The second kappa shape index (κ2) is 6.95. The lowest BCUT2D eigenvalue weighted by Gasteiger charge is -2.15. The van der Waals surface area contributed by atoms with Gasteiger partial charge in [-0.05, 0) is 32.1 Å². The highest BCUT2D eigenvalue weighted by Crippen LogP contribution is 2.39. The number of benzene rings is 2. The third kappa shape index (κ3) is 2.98. The number of nitrogens with zero attached hydrogens (tertiary/aromatic N) is 2. The van der Waals surface area contributed by atoms with Gasteiger partial charge < -0.3 is 0 Å². The molecule has 0 atom stereocenters. The van der Waals surface area contributed by atoms with Gasteiger partial charge in [-0.1, -0.05) is 30.3 Å². The third-order valence-electron chi connectivity index (χ3n) is 5.36. The number of aryl methyl sites for hydroxylation is 1. The molecule has 2 nitrogen and oxygen atoms in total. The van der Waals surface area contributed by atoms with Gasteiger partial charge in [0.2, 0.25) is 11.2 Å². The summed E-state index contributed by atoms with van der Waals surface area (Å²) in [4.78, 5) is 0. The number of fused-ring (bicyclic) bond motifs is 2. The van der Waals surface area contributed by atoms with Gasteiger partial charge in [-0.3, -0.25) is 0 Å². The van der Waals surface area contributed by atoms with Crippen molar-refractivity contribution in [3.63, 3.8) is 0 Å². The summed E-state index contributed by atoms with van der Waals surface area (Å²) in [5.41, 5.74) is 6.50. The maximum absolute atomic E-state index is 2.31. The number of rotatable bonds is 2. The summed E-state index contributed by atoms with van der Waals surface area (Å²) in [6, 6.07) is 19.4. The van der Waals surface area contributed by atoms with Crippen LogP contribution in [0.3, 0.4) is 0 Å². The molecule has 26 heavy (non-hydrogen) atoms. The van der Waals surface area contributed by atoms with E-state index < -0.39 is 0 Å². The van der Waals surface area contributed by atoms with Crippen molar-refractivity contribution in [2.24, 2.45) is 7.05 Å². The Bertz CT molecular complexity index is 1050. The summed E-state index contributed by atoms with van der Waals surface area (Å²) in [7, 11) is 4.27. The zero-order valence-corrected chi connectivity index (χ0v) is 18.1. The molecular formula is C23H25IN2+2. The second-order valence-corrected chi connectivity index (χ2v) is 7.36.